The molecule has 0 radical (unpaired) electrons. The largest absolute Gasteiger partial charge is 0.354 e. The Morgan fingerprint density at radius 1 is 1.05 bits per heavy atom. The van der Waals surface area contributed by atoms with Crippen LogP contribution in [0.4, 0.5) is 0 Å². The van der Waals surface area contributed by atoms with Crippen molar-refractivity contribution in [2.45, 2.75) is 26.3 Å². The summed E-state index contributed by atoms with van der Waals surface area (Å²) < 4.78 is 2.01. The molecule has 2 amide bonds. The summed E-state index contributed by atoms with van der Waals surface area (Å²) in [6.45, 7) is 2.74. The molecule has 0 atom stereocenters. The predicted molar refractivity (Wildman–Crippen MR) is 80.5 cm³/mol. The summed E-state index contributed by atoms with van der Waals surface area (Å²) in [6, 6.07) is 11.1. The predicted octanol–water partition coefficient (Wildman–Crippen LogP) is 2.04. The van der Waals surface area contributed by atoms with Crippen molar-refractivity contribution >= 4 is 11.8 Å². The molecule has 0 fully saturated rings. The van der Waals surface area contributed by atoms with Crippen molar-refractivity contribution in [3.63, 3.8) is 0 Å². The van der Waals surface area contributed by atoms with Gasteiger partial charge in [0.1, 0.15) is 0 Å². The molecule has 2 N–H and O–H groups in total. The Kier molecular flexibility index (Phi) is 5.15. The van der Waals surface area contributed by atoms with Gasteiger partial charge >= 0.3 is 0 Å². The highest BCUT2D eigenvalue weighted by Crippen LogP contribution is 2.02. The molecule has 0 spiro atoms. The maximum atomic E-state index is 11.8. The molecule has 1 heterocycles. The maximum absolute atomic E-state index is 11.8. The smallest absolute Gasteiger partial charge is 0.269 e. The molecule has 5 heteroatoms. The van der Waals surface area contributed by atoms with Crippen LogP contribution in [0.25, 0.3) is 0 Å². The lowest BCUT2D eigenvalue weighted by Gasteiger charge is -2.08. The normalized spacial score (nSPS) is 10.1. The lowest BCUT2D eigenvalue weighted by atomic mass is 10.1. The summed E-state index contributed by atoms with van der Waals surface area (Å²) in [5.74, 6) is -0.503. The van der Waals surface area contributed by atoms with Gasteiger partial charge in [-0.05, 0) is 37.6 Å². The van der Waals surface area contributed by atoms with E-state index in [2.05, 4.69) is 10.9 Å². The minimum atomic E-state index is -0.311. The first-order chi connectivity index (χ1) is 10.1. The van der Waals surface area contributed by atoms with Crippen LogP contribution in [0.5, 0.6) is 0 Å². The van der Waals surface area contributed by atoms with E-state index in [1.807, 2.05) is 48.1 Å². The van der Waals surface area contributed by atoms with Crippen LogP contribution < -0.4 is 10.9 Å². The molecule has 21 heavy (non-hydrogen) atoms. The minimum absolute atomic E-state index is 0.192. The quantitative estimate of drug-likeness (QED) is 0.826. The molecule has 0 aliphatic carbocycles. The Labute approximate surface area is 123 Å². The number of carbonyl (C=O) groups is 2. The zero-order valence-electron chi connectivity index (χ0n) is 12.0. The number of aromatic nitrogens is 1. The Balaban J connectivity index is 1.68. The number of aryl methyl sites for hydroxylation is 2. The molecule has 0 saturated carbocycles. The zero-order valence-corrected chi connectivity index (χ0v) is 12.0. The number of amides is 2. The SMILES string of the molecule is Cc1ccc(C(=O)NNC(=O)CCCn2cccc2)cc1. The van der Waals surface area contributed by atoms with Crippen LogP contribution >= 0.6 is 0 Å². The molecule has 5 nitrogen and oxygen atoms in total. The van der Waals surface area contributed by atoms with Gasteiger partial charge in [0.2, 0.25) is 5.91 Å². The van der Waals surface area contributed by atoms with Crippen LogP contribution in [0.2, 0.25) is 0 Å². The van der Waals surface area contributed by atoms with Gasteiger partial charge in [-0.25, -0.2) is 0 Å². The van der Waals surface area contributed by atoms with Crippen molar-refractivity contribution in [2.75, 3.05) is 0 Å². The van der Waals surface area contributed by atoms with E-state index in [9.17, 15) is 9.59 Å². The molecular formula is C16H19N3O2. The molecule has 0 unspecified atom stereocenters. The Bertz CT molecular complexity index is 588. The van der Waals surface area contributed by atoms with E-state index < -0.39 is 0 Å². The third-order valence-electron chi connectivity index (χ3n) is 3.12. The topological polar surface area (TPSA) is 63.1 Å². The van der Waals surface area contributed by atoms with E-state index in [0.717, 1.165) is 18.5 Å². The number of nitrogens with zero attached hydrogens (tertiary/aromatic N) is 1. The zero-order chi connectivity index (χ0) is 15.1. The first-order valence-corrected chi connectivity index (χ1v) is 6.92. The van der Waals surface area contributed by atoms with Gasteiger partial charge in [0, 0.05) is 30.9 Å². The van der Waals surface area contributed by atoms with Gasteiger partial charge in [-0.3, -0.25) is 20.4 Å². The van der Waals surface area contributed by atoms with Crippen LogP contribution in [-0.4, -0.2) is 16.4 Å². The molecule has 0 saturated heterocycles. The Morgan fingerprint density at radius 2 is 1.71 bits per heavy atom. The summed E-state index contributed by atoms with van der Waals surface area (Å²) >= 11 is 0. The minimum Gasteiger partial charge on any atom is -0.354 e. The van der Waals surface area contributed by atoms with E-state index >= 15 is 0 Å². The summed E-state index contributed by atoms with van der Waals surface area (Å²) in [7, 11) is 0. The van der Waals surface area contributed by atoms with Gasteiger partial charge in [0.15, 0.2) is 0 Å². The molecule has 110 valence electrons. The fourth-order valence-corrected chi connectivity index (χ4v) is 1.91. The fourth-order valence-electron chi connectivity index (χ4n) is 1.91. The van der Waals surface area contributed by atoms with Crippen molar-refractivity contribution in [1.82, 2.24) is 15.4 Å². The standard InChI is InChI=1S/C16H19N3O2/c1-13-6-8-14(9-7-13)16(21)18-17-15(20)5-4-12-19-10-2-3-11-19/h2-3,6-11H,4-5,12H2,1H3,(H,17,20)(H,18,21). The van der Waals surface area contributed by atoms with Crippen LogP contribution in [0.1, 0.15) is 28.8 Å². The molecule has 1 aromatic carbocycles. The van der Waals surface area contributed by atoms with Gasteiger partial charge in [-0.2, -0.15) is 0 Å². The van der Waals surface area contributed by atoms with E-state index in [-0.39, 0.29) is 11.8 Å². The monoisotopic (exact) mass is 285 g/mol. The van der Waals surface area contributed by atoms with Crippen molar-refractivity contribution < 1.29 is 9.59 Å². The highest BCUT2D eigenvalue weighted by atomic mass is 16.2. The second-order valence-electron chi connectivity index (χ2n) is 4.89. The number of benzene rings is 1. The second kappa shape index (κ2) is 7.28. The highest BCUT2D eigenvalue weighted by Gasteiger charge is 2.06. The Hall–Kier alpha value is -2.56. The number of hydrazine groups is 1. The van der Waals surface area contributed by atoms with Gasteiger partial charge in [0.25, 0.3) is 5.91 Å². The number of nitrogens with one attached hydrogen (secondary N) is 2. The molecule has 1 aromatic heterocycles. The molecule has 0 bridgehead atoms. The van der Waals surface area contributed by atoms with Crippen molar-refractivity contribution in [1.29, 1.82) is 0 Å². The van der Waals surface area contributed by atoms with E-state index in [1.54, 1.807) is 12.1 Å². The van der Waals surface area contributed by atoms with E-state index in [0.29, 0.717) is 12.0 Å². The second-order valence-corrected chi connectivity index (χ2v) is 4.89. The molecule has 0 aliphatic rings. The highest BCUT2D eigenvalue weighted by molar-refractivity contribution is 5.95. The van der Waals surface area contributed by atoms with Gasteiger partial charge in [0.05, 0.1) is 0 Å². The van der Waals surface area contributed by atoms with Crippen LogP contribution in [0, 0.1) is 6.92 Å². The van der Waals surface area contributed by atoms with Crippen LogP contribution in [-0.2, 0) is 11.3 Å². The summed E-state index contributed by atoms with van der Waals surface area (Å²) in [4.78, 5) is 23.4. The molecule has 2 rings (SSSR count). The molecular weight excluding hydrogens is 266 g/mol. The number of carbonyl (C=O) groups excluding carboxylic acids is 2. The lowest BCUT2D eigenvalue weighted by Crippen LogP contribution is -2.41. The first-order valence-electron chi connectivity index (χ1n) is 6.92. The number of hydrogen-bond acceptors (Lipinski definition) is 2. The fraction of sp³-hybridized carbons (Fsp3) is 0.250. The van der Waals surface area contributed by atoms with E-state index in [1.165, 1.54) is 0 Å². The summed E-state index contributed by atoms with van der Waals surface area (Å²) in [5.41, 5.74) is 6.45. The van der Waals surface area contributed by atoms with Crippen molar-refractivity contribution in [2.24, 2.45) is 0 Å². The van der Waals surface area contributed by atoms with E-state index in [4.69, 9.17) is 0 Å². The third kappa shape index (κ3) is 4.80. The first kappa shape index (κ1) is 14.8. The Morgan fingerprint density at radius 3 is 2.38 bits per heavy atom. The maximum Gasteiger partial charge on any atom is 0.269 e. The molecule has 2 aromatic rings. The summed E-state index contributed by atoms with van der Waals surface area (Å²) in [6.07, 6.45) is 5.00. The third-order valence-corrected chi connectivity index (χ3v) is 3.12. The van der Waals surface area contributed by atoms with Crippen molar-refractivity contribution in [3.05, 3.63) is 59.9 Å². The summed E-state index contributed by atoms with van der Waals surface area (Å²) in [5, 5.41) is 0. The molecule has 0 aliphatic heterocycles. The van der Waals surface area contributed by atoms with Crippen molar-refractivity contribution in [3.8, 4) is 0 Å². The number of hydrogen-bond donors (Lipinski definition) is 2. The van der Waals surface area contributed by atoms with Gasteiger partial charge in [-0.1, -0.05) is 17.7 Å². The number of rotatable bonds is 5. The lowest BCUT2D eigenvalue weighted by molar-refractivity contribution is -0.122. The average Bonchev–Trinajstić information content (AvgIpc) is 2.99. The van der Waals surface area contributed by atoms with Gasteiger partial charge in [-0.15, -0.1) is 0 Å². The average molecular weight is 285 g/mol. The van der Waals surface area contributed by atoms with Gasteiger partial charge < -0.3 is 4.57 Å². The van der Waals surface area contributed by atoms with Crippen LogP contribution in [0.3, 0.4) is 0 Å². The van der Waals surface area contributed by atoms with Crippen LogP contribution in [0.15, 0.2) is 48.8 Å².